The van der Waals surface area contributed by atoms with Gasteiger partial charge in [-0.05, 0) is 36.8 Å². The van der Waals surface area contributed by atoms with Gasteiger partial charge in [-0.15, -0.1) is 0 Å². The monoisotopic (exact) mass is 346 g/mol. The Hall–Kier alpha value is -3.47. The van der Waals surface area contributed by atoms with E-state index < -0.39 is 10.8 Å². The summed E-state index contributed by atoms with van der Waals surface area (Å²) < 4.78 is 0. The van der Waals surface area contributed by atoms with E-state index in [1.54, 1.807) is 17.0 Å². The van der Waals surface area contributed by atoms with E-state index in [0.717, 1.165) is 16.9 Å². The molecule has 26 heavy (non-hydrogen) atoms. The zero-order valence-electron chi connectivity index (χ0n) is 14.3. The lowest BCUT2D eigenvalue weighted by molar-refractivity contribution is -0.384. The number of non-ortho nitro benzene ring substituents is 1. The SMILES string of the molecule is CC(C(=O)N(c1ccccc1)c1ccccc1)c1ccc([N+](=O)[O-])cc1. The van der Waals surface area contributed by atoms with Crippen LogP contribution < -0.4 is 4.90 Å². The highest BCUT2D eigenvalue weighted by molar-refractivity contribution is 6.04. The molecule has 130 valence electrons. The van der Waals surface area contributed by atoms with E-state index in [1.165, 1.54) is 12.1 Å². The van der Waals surface area contributed by atoms with Crippen LogP contribution in [0.3, 0.4) is 0 Å². The predicted molar refractivity (Wildman–Crippen MR) is 102 cm³/mol. The average molecular weight is 346 g/mol. The number of rotatable bonds is 5. The summed E-state index contributed by atoms with van der Waals surface area (Å²) in [5, 5.41) is 10.8. The van der Waals surface area contributed by atoms with Gasteiger partial charge in [0.2, 0.25) is 5.91 Å². The zero-order chi connectivity index (χ0) is 18.5. The van der Waals surface area contributed by atoms with Gasteiger partial charge in [0.25, 0.3) is 5.69 Å². The van der Waals surface area contributed by atoms with E-state index in [4.69, 9.17) is 0 Å². The topological polar surface area (TPSA) is 63.5 Å². The molecule has 0 spiro atoms. The maximum atomic E-state index is 13.3. The first-order chi connectivity index (χ1) is 12.6. The molecule has 0 saturated heterocycles. The number of carbonyl (C=O) groups excluding carboxylic acids is 1. The maximum Gasteiger partial charge on any atom is 0.269 e. The van der Waals surface area contributed by atoms with Gasteiger partial charge in [-0.3, -0.25) is 19.8 Å². The van der Waals surface area contributed by atoms with Gasteiger partial charge in [-0.1, -0.05) is 48.5 Å². The maximum absolute atomic E-state index is 13.3. The third-order valence-corrected chi connectivity index (χ3v) is 4.22. The number of benzene rings is 3. The van der Waals surface area contributed by atoms with Gasteiger partial charge in [-0.2, -0.15) is 0 Å². The van der Waals surface area contributed by atoms with Crippen LogP contribution >= 0.6 is 0 Å². The average Bonchev–Trinajstić information content (AvgIpc) is 2.69. The van der Waals surface area contributed by atoms with Crippen molar-refractivity contribution in [3.05, 3.63) is 101 Å². The number of nitrogens with zero attached hydrogens (tertiary/aromatic N) is 2. The summed E-state index contributed by atoms with van der Waals surface area (Å²) in [7, 11) is 0. The van der Waals surface area contributed by atoms with Gasteiger partial charge in [0, 0.05) is 23.5 Å². The molecule has 0 aliphatic rings. The number of hydrogen-bond donors (Lipinski definition) is 0. The summed E-state index contributed by atoms with van der Waals surface area (Å²) in [6.45, 7) is 1.81. The highest BCUT2D eigenvalue weighted by Gasteiger charge is 2.25. The molecular formula is C21H18N2O3. The Kier molecular flexibility index (Phi) is 5.08. The van der Waals surface area contributed by atoms with Crippen LogP contribution in [0.1, 0.15) is 18.4 Å². The predicted octanol–water partition coefficient (Wildman–Crippen LogP) is 5.06. The minimum atomic E-state index is -0.448. The van der Waals surface area contributed by atoms with E-state index in [1.807, 2.05) is 67.6 Å². The van der Waals surface area contributed by atoms with Crippen LogP contribution in [-0.4, -0.2) is 10.8 Å². The molecule has 3 aromatic carbocycles. The van der Waals surface area contributed by atoms with Gasteiger partial charge >= 0.3 is 0 Å². The highest BCUT2D eigenvalue weighted by Crippen LogP contribution is 2.30. The number of anilines is 2. The van der Waals surface area contributed by atoms with Crippen LogP contribution in [-0.2, 0) is 4.79 Å². The Morgan fingerprint density at radius 2 is 1.31 bits per heavy atom. The first kappa shape index (κ1) is 17.4. The molecule has 5 heteroatoms. The van der Waals surface area contributed by atoms with Crippen molar-refractivity contribution < 1.29 is 9.72 Å². The second-order valence-corrected chi connectivity index (χ2v) is 5.92. The van der Waals surface area contributed by atoms with Crippen molar-refractivity contribution in [2.45, 2.75) is 12.8 Å². The van der Waals surface area contributed by atoms with Crippen molar-refractivity contribution in [3.63, 3.8) is 0 Å². The fourth-order valence-corrected chi connectivity index (χ4v) is 2.78. The Bertz CT molecular complexity index is 854. The molecule has 0 bridgehead atoms. The lowest BCUT2D eigenvalue weighted by atomic mass is 9.98. The second kappa shape index (κ2) is 7.61. The lowest BCUT2D eigenvalue weighted by Crippen LogP contribution is -2.30. The quantitative estimate of drug-likeness (QED) is 0.479. The molecule has 3 rings (SSSR count). The van der Waals surface area contributed by atoms with Crippen LogP contribution in [0.2, 0.25) is 0 Å². The lowest BCUT2D eigenvalue weighted by Gasteiger charge is -2.26. The molecule has 0 aromatic heterocycles. The van der Waals surface area contributed by atoms with Gasteiger partial charge < -0.3 is 0 Å². The largest absolute Gasteiger partial charge is 0.281 e. The molecule has 1 amide bonds. The number of amides is 1. The fourth-order valence-electron chi connectivity index (χ4n) is 2.78. The van der Waals surface area contributed by atoms with Crippen molar-refractivity contribution in [2.75, 3.05) is 4.90 Å². The first-order valence-corrected chi connectivity index (χ1v) is 8.26. The molecular weight excluding hydrogens is 328 g/mol. The van der Waals surface area contributed by atoms with E-state index in [2.05, 4.69) is 0 Å². The van der Waals surface area contributed by atoms with Gasteiger partial charge in [0.15, 0.2) is 0 Å². The van der Waals surface area contributed by atoms with E-state index in [0.29, 0.717) is 0 Å². The van der Waals surface area contributed by atoms with E-state index in [-0.39, 0.29) is 11.6 Å². The van der Waals surface area contributed by atoms with Crippen molar-refractivity contribution in [2.24, 2.45) is 0 Å². The Morgan fingerprint density at radius 3 is 1.73 bits per heavy atom. The summed E-state index contributed by atoms with van der Waals surface area (Å²) >= 11 is 0. The molecule has 0 fully saturated rings. The number of nitro benzene ring substituents is 1. The highest BCUT2D eigenvalue weighted by atomic mass is 16.6. The Morgan fingerprint density at radius 1 is 0.846 bits per heavy atom. The normalized spacial score (nSPS) is 11.6. The number of para-hydroxylation sites is 2. The van der Waals surface area contributed by atoms with E-state index >= 15 is 0 Å². The molecule has 0 saturated carbocycles. The van der Waals surface area contributed by atoms with Gasteiger partial charge in [-0.25, -0.2) is 0 Å². The summed E-state index contributed by atoms with van der Waals surface area (Å²) in [6, 6.07) is 25.0. The molecule has 5 nitrogen and oxygen atoms in total. The Balaban J connectivity index is 1.96. The Labute approximate surface area is 151 Å². The fraction of sp³-hybridized carbons (Fsp3) is 0.0952. The zero-order valence-corrected chi connectivity index (χ0v) is 14.3. The minimum Gasteiger partial charge on any atom is -0.281 e. The molecule has 1 atom stereocenters. The summed E-state index contributed by atoms with van der Waals surface area (Å²) in [6.07, 6.45) is 0. The molecule has 0 N–H and O–H groups in total. The van der Waals surface area contributed by atoms with Crippen molar-refractivity contribution >= 4 is 23.0 Å². The van der Waals surface area contributed by atoms with Crippen LogP contribution in [0.25, 0.3) is 0 Å². The standard InChI is InChI=1S/C21H18N2O3/c1-16(17-12-14-20(15-13-17)23(25)26)21(24)22(18-8-4-2-5-9-18)19-10-6-3-7-11-19/h2-16H,1H3. The van der Waals surface area contributed by atoms with Crippen molar-refractivity contribution in [1.82, 2.24) is 0 Å². The second-order valence-electron chi connectivity index (χ2n) is 5.92. The number of carbonyl (C=O) groups is 1. The third-order valence-electron chi connectivity index (χ3n) is 4.22. The van der Waals surface area contributed by atoms with Crippen molar-refractivity contribution in [1.29, 1.82) is 0 Å². The summed E-state index contributed by atoms with van der Waals surface area (Å²) in [5.41, 5.74) is 2.30. The summed E-state index contributed by atoms with van der Waals surface area (Å²) in [4.78, 5) is 25.3. The molecule has 3 aromatic rings. The van der Waals surface area contributed by atoms with E-state index in [9.17, 15) is 14.9 Å². The molecule has 0 aliphatic heterocycles. The van der Waals surface area contributed by atoms with Crippen LogP contribution in [0.5, 0.6) is 0 Å². The molecule has 0 aliphatic carbocycles. The number of hydrogen-bond acceptors (Lipinski definition) is 3. The van der Waals surface area contributed by atoms with Crippen LogP contribution in [0, 0.1) is 10.1 Å². The van der Waals surface area contributed by atoms with Gasteiger partial charge in [0.1, 0.15) is 0 Å². The molecule has 0 heterocycles. The van der Waals surface area contributed by atoms with Gasteiger partial charge in [0.05, 0.1) is 10.8 Å². The minimum absolute atomic E-state index is 0.0105. The first-order valence-electron chi connectivity index (χ1n) is 8.26. The van der Waals surface area contributed by atoms with Crippen LogP contribution in [0.4, 0.5) is 17.1 Å². The smallest absolute Gasteiger partial charge is 0.269 e. The third kappa shape index (κ3) is 3.62. The van der Waals surface area contributed by atoms with Crippen LogP contribution in [0.15, 0.2) is 84.9 Å². The van der Waals surface area contributed by atoms with Crippen molar-refractivity contribution in [3.8, 4) is 0 Å². The number of nitro groups is 1. The summed E-state index contributed by atoms with van der Waals surface area (Å²) in [5.74, 6) is -0.549. The molecule has 0 radical (unpaired) electrons. The molecule has 1 unspecified atom stereocenters.